The summed E-state index contributed by atoms with van der Waals surface area (Å²) in [5.41, 5.74) is 1.25. The highest BCUT2D eigenvalue weighted by atomic mass is 16.5. The van der Waals surface area contributed by atoms with Crippen LogP contribution in [-0.2, 0) is 0 Å². The van der Waals surface area contributed by atoms with Crippen molar-refractivity contribution in [3.63, 3.8) is 0 Å². The summed E-state index contributed by atoms with van der Waals surface area (Å²) in [5.74, 6) is 1.75. The number of ether oxygens (including phenoxy) is 1. The van der Waals surface area contributed by atoms with Gasteiger partial charge in [0.25, 0.3) is 0 Å². The Kier molecular flexibility index (Phi) is 5.72. The van der Waals surface area contributed by atoms with Crippen LogP contribution in [0.25, 0.3) is 0 Å². The van der Waals surface area contributed by atoms with E-state index < -0.39 is 0 Å². The monoisotopic (exact) mass is 323 g/mol. The van der Waals surface area contributed by atoms with E-state index in [1.54, 1.807) is 0 Å². The molecule has 0 aromatic heterocycles. The highest BCUT2D eigenvalue weighted by Crippen LogP contribution is 2.19. The summed E-state index contributed by atoms with van der Waals surface area (Å²) >= 11 is 0. The van der Waals surface area contributed by atoms with Crippen LogP contribution in [0, 0.1) is 0 Å². The Morgan fingerprint density at radius 2 is 1.75 bits per heavy atom. The second-order valence-corrected chi connectivity index (χ2v) is 6.09. The number of para-hydroxylation sites is 1. The van der Waals surface area contributed by atoms with Gasteiger partial charge in [0.15, 0.2) is 5.96 Å². The first kappa shape index (κ1) is 16.4. The largest absolute Gasteiger partial charge is 0.492 e. The van der Waals surface area contributed by atoms with Crippen molar-refractivity contribution in [1.82, 2.24) is 10.6 Å². The molecule has 1 saturated carbocycles. The molecule has 1 atom stereocenters. The maximum atomic E-state index is 5.70. The van der Waals surface area contributed by atoms with E-state index in [4.69, 9.17) is 4.74 Å². The van der Waals surface area contributed by atoms with E-state index in [0.29, 0.717) is 19.2 Å². The SMILES string of the molecule is C[C@@H](NC(=NCCOc1ccccc1)NC1CC1)c1ccccc1. The lowest BCUT2D eigenvalue weighted by Gasteiger charge is -2.18. The lowest BCUT2D eigenvalue weighted by molar-refractivity contribution is 0.328. The van der Waals surface area contributed by atoms with Crippen molar-refractivity contribution in [3.8, 4) is 5.75 Å². The molecule has 1 aliphatic carbocycles. The molecule has 0 radical (unpaired) electrons. The Labute approximate surface area is 144 Å². The maximum absolute atomic E-state index is 5.70. The van der Waals surface area contributed by atoms with Gasteiger partial charge < -0.3 is 15.4 Å². The Balaban J connectivity index is 1.52. The minimum atomic E-state index is 0.214. The summed E-state index contributed by atoms with van der Waals surface area (Å²) < 4.78 is 5.70. The van der Waals surface area contributed by atoms with E-state index in [1.807, 2.05) is 36.4 Å². The van der Waals surface area contributed by atoms with Gasteiger partial charge in [-0.3, -0.25) is 0 Å². The molecule has 0 bridgehead atoms. The van der Waals surface area contributed by atoms with Crippen molar-refractivity contribution in [1.29, 1.82) is 0 Å². The van der Waals surface area contributed by atoms with Gasteiger partial charge in [-0.25, -0.2) is 4.99 Å². The topological polar surface area (TPSA) is 45.7 Å². The van der Waals surface area contributed by atoms with Crippen molar-refractivity contribution in [2.45, 2.75) is 31.8 Å². The van der Waals surface area contributed by atoms with Crippen molar-refractivity contribution < 1.29 is 4.74 Å². The predicted octanol–water partition coefficient (Wildman–Crippen LogP) is 3.52. The third-order valence-electron chi connectivity index (χ3n) is 3.94. The Hall–Kier alpha value is -2.49. The molecule has 24 heavy (non-hydrogen) atoms. The van der Waals surface area contributed by atoms with E-state index in [0.717, 1.165) is 11.7 Å². The van der Waals surface area contributed by atoms with Gasteiger partial charge in [0.1, 0.15) is 12.4 Å². The molecule has 0 saturated heterocycles. The van der Waals surface area contributed by atoms with E-state index in [1.165, 1.54) is 18.4 Å². The number of hydrogen-bond donors (Lipinski definition) is 2. The highest BCUT2D eigenvalue weighted by Gasteiger charge is 2.23. The van der Waals surface area contributed by atoms with Gasteiger partial charge in [0.2, 0.25) is 0 Å². The Morgan fingerprint density at radius 1 is 1.08 bits per heavy atom. The standard InChI is InChI=1S/C20H25N3O/c1-16(17-8-4-2-5-9-17)22-20(23-18-12-13-18)21-14-15-24-19-10-6-3-7-11-19/h2-11,16,18H,12-15H2,1H3,(H2,21,22,23)/t16-/m1/s1. The lowest BCUT2D eigenvalue weighted by Crippen LogP contribution is -2.40. The molecule has 2 aromatic carbocycles. The molecule has 1 aliphatic rings. The smallest absolute Gasteiger partial charge is 0.192 e. The number of nitrogens with zero attached hydrogens (tertiary/aromatic N) is 1. The normalized spacial score (nSPS) is 15.6. The first-order valence-corrected chi connectivity index (χ1v) is 8.61. The van der Waals surface area contributed by atoms with Gasteiger partial charge in [-0.05, 0) is 37.5 Å². The van der Waals surface area contributed by atoms with Crippen LogP contribution in [0.2, 0.25) is 0 Å². The molecular formula is C20H25N3O. The van der Waals surface area contributed by atoms with Gasteiger partial charge >= 0.3 is 0 Å². The molecule has 126 valence electrons. The van der Waals surface area contributed by atoms with Crippen LogP contribution < -0.4 is 15.4 Å². The van der Waals surface area contributed by atoms with Crippen LogP contribution in [0.1, 0.15) is 31.4 Å². The fraction of sp³-hybridized carbons (Fsp3) is 0.350. The summed E-state index contributed by atoms with van der Waals surface area (Å²) in [6, 6.07) is 21.1. The number of aliphatic imine (C=N–C) groups is 1. The summed E-state index contributed by atoms with van der Waals surface area (Å²) in [7, 11) is 0. The van der Waals surface area contributed by atoms with Crippen LogP contribution in [0.5, 0.6) is 5.75 Å². The summed E-state index contributed by atoms with van der Waals surface area (Å²) in [6.07, 6.45) is 2.45. The zero-order valence-electron chi connectivity index (χ0n) is 14.1. The van der Waals surface area contributed by atoms with Crippen molar-refractivity contribution >= 4 is 5.96 Å². The fourth-order valence-electron chi connectivity index (χ4n) is 2.42. The van der Waals surface area contributed by atoms with Gasteiger partial charge in [0.05, 0.1) is 12.6 Å². The van der Waals surface area contributed by atoms with Crippen LogP contribution in [-0.4, -0.2) is 25.2 Å². The third-order valence-corrected chi connectivity index (χ3v) is 3.94. The number of rotatable bonds is 7. The van der Waals surface area contributed by atoms with Crippen molar-refractivity contribution in [2.75, 3.05) is 13.2 Å². The average Bonchev–Trinajstić information content (AvgIpc) is 3.44. The summed E-state index contributed by atoms with van der Waals surface area (Å²) in [4.78, 5) is 4.65. The van der Waals surface area contributed by atoms with Crippen molar-refractivity contribution in [3.05, 3.63) is 66.2 Å². The number of nitrogens with one attached hydrogen (secondary N) is 2. The molecule has 0 amide bonds. The highest BCUT2D eigenvalue weighted by molar-refractivity contribution is 5.80. The Bertz CT molecular complexity index is 638. The number of guanidine groups is 1. The molecule has 0 heterocycles. The van der Waals surface area contributed by atoms with Crippen LogP contribution in [0.3, 0.4) is 0 Å². The fourth-order valence-corrected chi connectivity index (χ4v) is 2.42. The van der Waals surface area contributed by atoms with E-state index in [2.05, 4.69) is 46.8 Å². The minimum absolute atomic E-state index is 0.214. The zero-order valence-corrected chi connectivity index (χ0v) is 14.1. The quantitative estimate of drug-likeness (QED) is 0.465. The molecule has 3 rings (SSSR count). The minimum Gasteiger partial charge on any atom is -0.492 e. The lowest BCUT2D eigenvalue weighted by atomic mass is 10.1. The molecule has 4 nitrogen and oxygen atoms in total. The summed E-state index contributed by atoms with van der Waals surface area (Å²) in [6.45, 7) is 3.35. The van der Waals surface area contributed by atoms with Crippen LogP contribution in [0.4, 0.5) is 0 Å². The number of benzene rings is 2. The average molecular weight is 323 g/mol. The number of hydrogen-bond acceptors (Lipinski definition) is 2. The maximum Gasteiger partial charge on any atom is 0.192 e. The van der Waals surface area contributed by atoms with Gasteiger partial charge in [-0.15, -0.1) is 0 Å². The Morgan fingerprint density at radius 3 is 2.42 bits per heavy atom. The van der Waals surface area contributed by atoms with E-state index >= 15 is 0 Å². The second-order valence-electron chi connectivity index (χ2n) is 6.09. The molecule has 0 spiro atoms. The van der Waals surface area contributed by atoms with Gasteiger partial charge in [-0.2, -0.15) is 0 Å². The molecule has 0 unspecified atom stereocenters. The molecule has 2 N–H and O–H groups in total. The van der Waals surface area contributed by atoms with Crippen LogP contribution >= 0.6 is 0 Å². The summed E-state index contributed by atoms with van der Waals surface area (Å²) in [5, 5.41) is 6.96. The molecule has 2 aromatic rings. The van der Waals surface area contributed by atoms with Crippen LogP contribution in [0.15, 0.2) is 65.7 Å². The molecule has 4 heteroatoms. The molecular weight excluding hydrogens is 298 g/mol. The van der Waals surface area contributed by atoms with E-state index in [-0.39, 0.29) is 6.04 Å². The van der Waals surface area contributed by atoms with Gasteiger partial charge in [-0.1, -0.05) is 48.5 Å². The van der Waals surface area contributed by atoms with E-state index in [9.17, 15) is 0 Å². The first-order valence-electron chi connectivity index (χ1n) is 8.61. The predicted molar refractivity (Wildman–Crippen MR) is 98.4 cm³/mol. The molecule has 1 fully saturated rings. The molecule has 0 aliphatic heterocycles. The third kappa shape index (κ3) is 5.30. The first-order chi connectivity index (χ1) is 11.8. The van der Waals surface area contributed by atoms with Gasteiger partial charge in [0, 0.05) is 6.04 Å². The second kappa shape index (κ2) is 8.39. The van der Waals surface area contributed by atoms with Crippen molar-refractivity contribution in [2.24, 2.45) is 4.99 Å². The zero-order chi connectivity index (χ0) is 16.6.